The van der Waals surface area contributed by atoms with E-state index in [-0.39, 0.29) is 18.4 Å². The second-order valence-corrected chi connectivity index (χ2v) is 9.16. The van der Waals surface area contributed by atoms with Crippen molar-refractivity contribution in [2.45, 2.75) is 13.1 Å². The number of aromatic nitrogens is 2. The van der Waals surface area contributed by atoms with E-state index in [1.54, 1.807) is 30.5 Å². The van der Waals surface area contributed by atoms with Crippen molar-refractivity contribution in [3.63, 3.8) is 0 Å². The summed E-state index contributed by atoms with van der Waals surface area (Å²) in [7, 11) is 0. The summed E-state index contributed by atoms with van der Waals surface area (Å²) in [4.78, 5) is 39.2. The zero-order valence-corrected chi connectivity index (χ0v) is 21.3. The molecule has 0 atom stereocenters. The minimum Gasteiger partial charge on any atom is -0.378 e. The predicted octanol–water partition coefficient (Wildman–Crippen LogP) is 2.09. The van der Waals surface area contributed by atoms with Crippen LogP contribution in [0.4, 0.5) is 11.4 Å². The molecule has 6 rings (SSSR count). The number of carbonyl (C=O) groups excluding carboxylic acids is 2. The van der Waals surface area contributed by atoms with Gasteiger partial charge in [-0.3, -0.25) is 24.5 Å². The number of ether oxygens (including phenoxy) is 2. The minimum absolute atomic E-state index is 0.190. The first-order valence-corrected chi connectivity index (χ1v) is 12.8. The lowest BCUT2D eigenvalue weighted by atomic mass is 10.1. The van der Waals surface area contributed by atoms with Gasteiger partial charge in [-0.05, 0) is 36.4 Å². The van der Waals surface area contributed by atoms with Crippen molar-refractivity contribution in [2.75, 3.05) is 62.4 Å². The van der Waals surface area contributed by atoms with Crippen molar-refractivity contribution in [1.29, 1.82) is 0 Å². The van der Waals surface area contributed by atoms with E-state index in [1.165, 1.54) is 4.90 Å². The van der Waals surface area contributed by atoms with Gasteiger partial charge >= 0.3 is 0 Å². The highest BCUT2D eigenvalue weighted by Crippen LogP contribution is 2.24. The number of fused-ring (bicyclic) bond motifs is 1. The number of imide groups is 1. The Bertz CT molecular complexity index is 1200. The average Bonchev–Trinajstić information content (AvgIpc) is 3.24. The molecule has 2 fully saturated rings. The maximum Gasteiger partial charge on any atom is 0.261 e. The molecule has 2 N–H and O–H groups in total. The number of pyridine rings is 2. The summed E-state index contributed by atoms with van der Waals surface area (Å²) in [5.41, 5.74) is 10.2. The fraction of sp³-hybridized carbons (Fsp3) is 0.357. The Balaban J connectivity index is 0.000000179. The summed E-state index contributed by atoms with van der Waals surface area (Å²) in [5, 5.41) is 0. The molecule has 2 amide bonds. The van der Waals surface area contributed by atoms with Crippen molar-refractivity contribution in [3.05, 3.63) is 83.4 Å². The number of hydrogen-bond acceptors (Lipinski definition) is 9. The Kier molecular flexibility index (Phi) is 8.22. The van der Waals surface area contributed by atoms with Gasteiger partial charge in [0.25, 0.3) is 11.8 Å². The molecular weight excluding hydrogens is 484 g/mol. The van der Waals surface area contributed by atoms with Crippen LogP contribution in [0.2, 0.25) is 0 Å². The molecule has 38 heavy (non-hydrogen) atoms. The van der Waals surface area contributed by atoms with Crippen LogP contribution < -0.4 is 15.5 Å². The normalized spacial score (nSPS) is 17.2. The number of amides is 2. The van der Waals surface area contributed by atoms with Crippen molar-refractivity contribution >= 4 is 23.2 Å². The Morgan fingerprint density at radius 1 is 0.684 bits per heavy atom. The van der Waals surface area contributed by atoms with E-state index in [0.29, 0.717) is 23.4 Å². The summed E-state index contributed by atoms with van der Waals surface area (Å²) in [5.74, 6) is -0.510. The monoisotopic (exact) mass is 516 g/mol. The van der Waals surface area contributed by atoms with E-state index < -0.39 is 0 Å². The van der Waals surface area contributed by atoms with Crippen molar-refractivity contribution in [3.8, 4) is 0 Å². The lowest BCUT2D eigenvalue weighted by Crippen LogP contribution is -2.36. The lowest BCUT2D eigenvalue weighted by Gasteiger charge is -2.28. The maximum absolute atomic E-state index is 12.4. The van der Waals surface area contributed by atoms with Crippen LogP contribution in [0.3, 0.4) is 0 Å². The number of carbonyl (C=O) groups is 2. The van der Waals surface area contributed by atoms with Gasteiger partial charge < -0.3 is 25.0 Å². The van der Waals surface area contributed by atoms with Crippen LogP contribution in [0.5, 0.6) is 0 Å². The molecular formula is C28H32N6O4. The summed E-state index contributed by atoms with van der Waals surface area (Å²) < 4.78 is 10.6. The van der Waals surface area contributed by atoms with Gasteiger partial charge in [0.2, 0.25) is 0 Å². The van der Waals surface area contributed by atoms with Crippen molar-refractivity contribution < 1.29 is 19.1 Å². The van der Waals surface area contributed by atoms with E-state index in [9.17, 15) is 9.59 Å². The molecule has 0 bridgehead atoms. The SMILES string of the molecule is NCc1ccc(N2CCOCC2)cn1.O=C1c2ccccc2C(=O)N1Cc1ccc(N2CCOCC2)cn1. The van der Waals surface area contributed by atoms with Gasteiger partial charge in [0.15, 0.2) is 0 Å². The molecule has 0 unspecified atom stereocenters. The van der Waals surface area contributed by atoms with Gasteiger partial charge in [0.1, 0.15) is 0 Å². The van der Waals surface area contributed by atoms with E-state index >= 15 is 0 Å². The molecule has 0 radical (unpaired) electrons. The summed E-state index contributed by atoms with van der Waals surface area (Å²) in [6, 6.07) is 14.8. The highest BCUT2D eigenvalue weighted by atomic mass is 16.5. The fourth-order valence-corrected chi connectivity index (χ4v) is 4.61. The van der Waals surface area contributed by atoms with E-state index in [0.717, 1.165) is 69.7 Å². The molecule has 2 saturated heterocycles. The molecule has 3 aliphatic heterocycles. The number of nitrogens with zero attached hydrogens (tertiary/aromatic N) is 5. The van der Waals surface area contributed by atoms with Gasteiger partial charge in [-0.15, -0.1) is 0 Å². The van der Waals surface area contributed by atoms with Crippen LogP contribution in [0.25, 0.3) is 0 Å². The highest BCUT2D eigenvalue weighted by Gasteiger charge is 2.35. The van der Waals surface area contributed by atoms with E-state index in [4.69, 9.17) is 15.2 Å². The lowest BCUT2D eigenvalue weighted by molar-refractivity contribution is 0.0640. The Hall–Kier alpha value is -3.86. The van der Waals surface area contributed by atoms with Crippen LogP contribution in [0.1, 0.15) is 32.1 Å². The van der Waals surface area contributed by atoms with Gasteiger partial charge in [-0.25, -0.2) is 0 Å². The summed E-state index contributed by atoms with van der Waals surface area (Å²) >= 11 is 0. The Morgan fingerprint density at radius 2 is 1.16 bits per heavy atom. The second-order valence-electron chi connectivity index (χ2n) is 9.16. The fourth-order valence-electron chi connectivity index (χ4n) is 4.61. The highest BCUT2D eigenvalue weighted by molar-refractivity contribution is 6.21. The second kappa shape index (κ2) is 12.1. The van der Waals surface area contributed by atoms with E-state index in [2.05, 4.69) is 25.8 Å². The maximum atomic E-state index is 12.4. The van der Waals surface area contributed by atoms with Crippen LogP contribution in [0, 0.1) is 0 Å². The van der Waals surface area contributed by atoms with Gasteiger partial charge in [0, 0.05) is 32.7 Å². The largest absolute Gasteiger partial charge is 0.378 e. The first-order valence-electron chi connectivity index (χ1n) is 12.8. The zero-order chi connectivity index (χ0) is 26.3. The number of morpholine rings is 2. The molecule has 0 saturated carbocycles. The third-order valence-corrected chi connectivity index (χ3v) is 6.78. The minimum atomic E-state index is -0.255. The van der Waals surface area contributed by atoms with Gasteiger partial charge in [-0.2, -0.15) is 0 Å². The molecule has 10 nitrogen and oxygen atoms in total. The van der Waals surface area contributed by atoms with Crippen molar-refractivity contribution in [1.82, 2.24) is 14.9 Å². The molecule has 3 aromatic rings. The smallest absolute Gasteiger partial charge is 0.261 e. The summed E-state index contributed by atoms with van der Waals surface area (Å²) in [6.07, 6.45) is 3.67. The third-order valence-electron chi connectivity index (χ3n) is 6.78. The number of nitrogens with two attached hydrogens (primary N) is 1. The Labute approximate surface area is 222 Å². The van der Waals surface area contributed by atoms with Crippen molar-refractivity contribution in [2.24, 2.45) is 5.73 Å². The van der Waals surface area contributed by atoms with E-state index in [1.807, 2.05) is 24.4 Å². The molecule has 0 spiro atoms. The first kappa shape index (κ1) is 25.8. The van der Waals surface area contributed by atoms with Gasteiger partial charge in [-0.1, -0.05) is 12.1 Å². The van der Waals surface area contributed by atoms with Crippen LogP contribution in [0.15, 0.2) is 60.9 Å². The molecule has 2 aromatic heterocycles. The molecule has 198 valence electrons. The number of rotatable bonds is 5. The average molecular weight is 517 g/mol. The molecule has 10 heteroatoms. The Morgan fingerprint density at radius 3 is 1.58 bits per heavy atom. The standard InChI is InChI=1S/C18H17N3O3.C10H15N3O/c22-17-15-3-1-2-4-16(15)18(23)21(17)12-13-5-6-14(11-19-13)20-7-9-24-10-8-20;11-7-9-1-2-10(8-12-9)13-3-5-14-6-4-13/h1-6,11H,7-10,12H2;1-2,8H,3-7,11H2. The molecule has 1 aromatic carbocycles. The number of hydrogen-bond donors (Lipinski definition) is 1. The number of benzene rings is 1. The molecule has 0 aliphatic carbocycles. The first-order chi connectivity index (χ1) is 18.6. The number of anilines is 2. The van der Waals surface area contributed by atoms with Gasteiger partial charge in [0.05, 0.1) is 79.3 Å². The summed E-state index contributed by atoms with van der Waals surface area (Å²) in [6.45, 7) is 7.33. The predicted molar refractivity (Wildman–Crippen MR) is 143 cm³/mol. The topological polar surface area (TPSA) is 114 Å². The zero-order valence-electron chi connectivity index (χ0n) is 21.3. The molecule has 5 heterocycles. The molecule has 3 aliphatic rings. The van der Waals surface area contributed by atoms with Crippen LogP contribution >= 0.6 is 0 Å². The van der Waals surface area contributed by atoms with Crippen LogP contribution in [-0.2, 0) is 22.6 Å². The quantitative estimate of drug-likeness (QED) is 0.509. The van der Waals surface area contributed by atoms with Crippen LogP contribution in [-0.4, -0.2) is 79.3 Å². The third kappa shape index (κ3) is 5.83.